The Labute approximate surface area is 110 Å². The topological polar surface area (TPSA) is 0 Å². The fraction of sp³-hybridized carbons (Fsp3) is 0.333. The quantitative estimate of drug-likeness (QED) is 0.695. The molecule has 2 aromatic carbocycles. The van der Waals surface area contributed by atoms with Crippen LogP contribution in [-0.4, -0.2) is 0 Å². The van der Waals surface area contributed by atoms with E-state index in [2.05, 4.69) is 67.6 Å². The molecule has 2 aromatic rings. The lowest BCUT2D eigenvalue weighted by molar-refractivity contribution is 0.483. The highest BCUT2D eigenvalue weighted by molar-refractivity contribution is 5.30. The van der Waals surface area contributed by atoms with Gasteiger partial charge in [0.15, 0.2) is 0 Å². The van der Waals surface area contributed by atoms with Crippen molar-refractivity contribution in [1.82, 2.24) is 0 Å². The van der Waals surface area contributed by atoms with Crippen molar-refractivity contribution in [3.8, 4) is 0 Å². The van der Waals surface area contributed by atoms with Gasteiger partial charge in [0.25, 0.3) is 0 Å². The van der Waals surface area contributed by atoms with E-state index in [-0.39, 0.29) is 0 Å². The normalized spacial score (nSPS) is 27.3. The van der Waals surface area contributed by atoms with Gasteiger partial charge >= 0.3 is 0 Å². The molecule has 0 amide bonds. The number of benzene rings is 2. The van der Waals surface area contributed by atoms with E-state index in [0.717, 1.165) is 5.92 Å². The van der Waals surface area contributed by atoms with Crippen LogP contribution in [0.2, 0.25) is 0 Å². The van der Waals surface area contributed by atoms with Crippen LogP contribution in [0.5, 0.6) is 0 Å². The molecule has 0 bridgehead atoms. The standard InChI is InChI=1S/C18H20/c1-18(17-10-6-3-7-11-17)13-12-16(14-18)15-8-4-2-5-9-15/h2-11,16H,12-14H2,1H3. The molecule has 2 unspecified atom stereocenters. The Morgan fingerprint density at radius 3 is 2.17 bits per heavy atom. The Balaban J connectivity index is 1.83. The van der Waals surface area contributed by atoms with Crippen molar-refractivity contribution in [3.63, 3.8) is 0 Å². The molecule has 1 aliphatic carbocycles. The van der Waals surface area contributed by atoms with Gasteiger partial charge in [-0.2, -0.15) is 0 Å². The van der Waals surface area contributed by atoms with Crippen LogP contribution >= 0.6 is 0 Å². The van der Waals surface area contributed by atoms with Gasteiger partial charge in [-0.1, -0.05) is 67.6 Å². The monoisotopic (exact) mass is 236 g/mol. The third-order valence-corrected chi connectivity index (χ3v) is 4.48. The largest absolute Gasteiger partial charge is 0.0622 e. The summed E-state index contributed by atoms with van der Waals surface area (Å²) in [7, 11) is 0. The molecule has 1 aliphatic rings. The highest BCUT2D eigenvalue weighted by atomic mass is 14.4. The molecule has 0 aromatic heterocycles. The van der Waals surface area contributed by atoms with E-state index in [1.807, 2.05) is 0 Å². The zero-order valence-electron chi connectivity index (χ0n) is 11.0. The van der Waals surface area contributed by atoms with E-state index in [1.165, 1.54) is 30.4 Å². The molecule has 0 heterocycles. The molecular formula is C18H20. The van der Waals surface area contributed by atoms with Crippen molar-refractivity contribution < 1.29 is 0 Å². The first-order valence-electron chi connectivity index (χ1n) is 6.88. The Hall–Kier alpha value is -1.56. The van der Waals surface area contributed by atoms with Crippen LogP contribution in [-0.2, 0) is 5.41 Å². The minimum Gasteiger partial charge on any atom is -0.0622 e. The zero-order valence-corrected chi connectivity index (χ0v) is 11.0. The van der Waals surface area contributed by atoms with E-state index in [4.69, 9.17) is 0 Å². The minimum absolute atomic E-state index is 0.363. The summed E-state index contributed by atoms with van der Waals surface area (Å²) in [6.45, 7) is 2.42. The summed E-state index contributed by atoms with van der Waals surface area (Å²) < 4.78 is 0. The van der Waals surface area contributed by atoms with Gasteiger partial charge in [-0.05, 0) is 41.7 Å². The van der Waals surface area contributed by atoms with Crippen LogP contribution in [0.4, 0.5) is 0 Å². The van der Waals surface area contributed by atoms with E-state index >= 15 is 0 Å². The highest BCUT2D eigenvalue weighted by Crippen LogP contribution is 2.47. The van der Waals surface area contributed by atoms with Crippen LogP contribution in [0.15, 0.2) is 60.7 Å². The summed E-state index contributed by atoms with van der Waals surface area (Å²) >= 11 is 0. The van der Waals surface area contributed by atoms with Crippen molar-refractivity contribution in [2.24, 2.45) is 0 Å². The molecule has 18 heavy (non-hydrogen) atoms. The molecule has 0 aliphatic heterocycles. The van der Waals surface area contributed by atoms with Gasteiger partial charge in [0.2, 0.25) is 0 Å². The Morgan fingerprint density at radius 2 is 1.50 bits per heavy atom. The second kappa shape index (κ2) is 4.61. The molecule has 0 spiro atoms. The second-order valence-electron chi connectivity index (χ2n) is 5.78. The van der Waals surface area contributed by atoms with E-state index in [1.54, 1.807) is 0 Å². The van der Waals surface area contributed by atoms with Crippen LogP contribution < -0.4 is 0 Å². The summed E-state index contributed by atoms with van der Waals surface area (Å²) in [6.07, 6.45) is 3.90. The fourth-order valence-electron chi connectivity index (χ4n) is 3.35. The molecule has 0 N–H and O–H groups in total. The second-order valence-corrected chi connectivity index (χ2v) is 5.78. The van der Waals surface area contributed by atoms with E-state index in [9.17, 15) is 0 Å². The van der Waals surface area contributed by atoms with Gasteiger partial charge in [-0.3, -0.25) is 0 Å². The third-order valence-electron chi connectivity index (χ3n) is 4.48. The summed E-state index contributed by atoms with van der Waals surface area (Å²) in [4.78, 5) is 0. The highest BCUT2D eigenvalue weighted by Gasteiger charge is 2.36. The number of hydrogen-bond acceptors (Lipinski definition) is 0. The fourth-order valence-corrected chi connectivity index (χ4v) is 3.35. The summed E-state index contributed by atoms with van der Waals surface area (Å²) in [5.74, 6) is 0.733. The Bertz CT molecular complexity index is 500. The maximum Gasteiger partial charge on any atom is -0.00692 e. The van der Waals surface area contributed by atoms with Crippen LogP contribution in [0.1, 0.15) is 43.2 Å². The maximum absolute atomic E-state index is 2.42. The molecule has 0 nitrogen and oxygen atoms in total. The Morgan fingerprint density at radius 1 is 0.889 bits per heavy atom. The molecule has 0 saturated heterocycles. The summed E-state index contributed by atoms with van der Waals surface area (Å²) in [5, 5.41) is 0. The predicted molar refractivity (Wildman–Crippen MR) is 76.8 cm³/mol. The maximum atomic E-state index is 2.42. The molecule has 1 fully saturated rings. The van der Waals surface area contributed by atoms with Gasteiger partial charge < -0.3 is 0 Å². The van der Waals surface area contributed by atoms with Crippen molar-refractivity contribution in [2.45, 2.75) is 37.5 Å². The summed E-state index contributed by atoms with van der Waals surface area (Å²) in [5.41, 5.74) is 3.38. The molecular weight excluding hydrogens is 216 g/mol. The summed E-state index contributed by atoms with van der Waals surface area (Å²) in [6, 6.07) is 22.0. The van der Waals surface area contributed by atoms with Crippen LogP contribution in [0.25, 0.3) is 0 Å². The molecule has 1 saturated carbocycles. The van der Waals surface area contributed by atoms with Gasteiger partial charge in [-0.15, -0.1) is 0 Å². The van der Waals surface area contributed by atoms with Crippen molar-refractivity contribution >= 4 is 0 Å². The first-order chi connectivity index (χ1) is 8.78. The molecule has 3 rings (SSSR count). The average Bonchev–Trinajstić information content (AvgIpc) is 2.85. The van der Waals surface area contributed by atoms with E-state index in [0.29, 0.717) is 5.41 Å². The first kappa shape index (κ1) is 11.5. The molecule has 92 valence electrons. The van der Waals surface area contributed by atoms with Gasteiger partial charge in [0, 0.05) is 0 Å². The number of rotatable bonds is 2. The van der Waals surface area contributed by atoms with Gasteiger partial charge in [0.1, 0.15) is 0 Å². The lowest BCUT2D eigenvalue weighted by Gasteiger charge is -2.25. The smallest absolute Gasteiger partial charge is 0.00692 e. The predicted octanol–water partition coefficient (Wildman–Crippen LogP) is 4.91. The third kappa shape index (κ3) is 2.08. The van der Waals surface area contributed by atoms with Crippen LogP contribution in [0.3, 0.4) is 0 Å². The Kier molecular flexibility index (Phi) is 2.95. The van der Waals surface area contributed by atoms with Crippen molar-refractivity contribution in [3.05, 3.63) is 71.8 Å². The van der Waals surface area contributed by atoms with Gasteiger partial charge in [0.05, 0.1) is 0 Å². The van der Waals surface area contributed by atoms with Gasteiger partial charge in [-0.25, -0.2) is 0 Å². The minimum atomic E-state index is 0.363. The lowest BCUT2D eigenvalue weighted by atomic mass is 9.79. The van der Waals surface area contributed by atoms with Crippen molar-refractivity contribution in [2.75, 3.05) is 0 Å². The first-order valence-corrected chi connectivity index (χ1v) is 6.88. The molecule has 0 radical (unpaired) electrons. The zero-order chi connectivity index (χ0) is 12.4. The van der Waals surface area contributed by atoms with Crippen molar-refractivity contribution in [1.29, 1.82) is 0 Å². The molecule has 0 heteroatoms. The van der Waals surface area contributed by atoms with Crippen LogP contribution in [0, 0.1) is 0 Å². The molecule has 2 atom stereocenters. The van der Waals surface area contributed by atoms with E-state index < -0.39 is 0 Å². The lowest BCUT2D eigenvalue weighted by Crippen LogP contribution is -2.17. The average molecular weight is 236 g/mol. The SMILES string of the molecule is CC1(c2ccccc2)CCC(c2ccccc2)C1. The number of hydrogen-bond donors (Lipinski definition) is 0.